The molecule has 1 aromatic heterocycles. The highest BCUT2D eigenvalue weighted by molar-refractivity contribution is 7.22. The van der Waals surface area contributed by atoms with Gasteiger partial charge in [0.1, 0.15) is 0 Å². The van der Waals surface area contributed by atoms with Crippen molar-refractivity contribution in [1.82, 2.24) is 4.98 Å². The van der Waals surface area contributed by atoms with Gasteiger partial charge in [-0.3, -0.25) is 10.1 Å². The lowest BCUT2D eigenvalue weighted by atomic mass is 10.1. The highest BCUT2D eigenvalue weighted by Gasteiger charge is 2.30. The quantitative estimate of drug-likeness (QED) is 0.725. The van der Waals surface area contributed by atoms with Crippen LogP contribution in [0.4, 0.5) is 18.3 Å². The molecular weight excluding hydrogens is 325 g/mol. The molecule has 0 aliphatic heterocycles. The van der Waals surface area contributed by atoms with Gasteiger partial charge in [-0.25, -0.2) is 4.98 Å². The Morgan fingerprint density at radius 3 is 2.61 bits per heavy atom. The van der Waals surface area contributed by atoms with Crippen molar-refractivity contribution in [1.29, 1.82) is 0 Å². The molecule has 3 nitrogen and oxygen atoms in total. The molecule has 118 valence electrons. The smallest absolute Gasteiger partial charge is 0.298 e. The maximum atomic E-state index is 12.7. The number of carbonyl (C=O) groups excluding carboxylic acids is 1. The van der Waals surface area contributed by atoms with Crippen molar-refractivity contribution in [3.8, 4) is 0 Å². The number of halogens is 3. The Kier molecular flexibility index (Phi) is 3.81. The number of fused-ring (bicyclic) bond motifs is 1. The monoisotopic (exact) mass is 336 g/mol. The van der Waals surface area contributed by atoms with E-state index < -0.39 is 17.6 Å². The molecule has 0 saturated carbocycles. The summed E-state index contributed by atoms with van der Waals surface area (Å²) in [6.45, 7) is 1.93. The number of thiazole rings is 1. The summed E-state index contributed by atoms with van der Waals surface area (Å²) in [6, 6.07) is 9.91. The zero-order valence-corrected chi connectivity index (χ0v) is 12.8. The largest absolute Gasteiger partial charge is 0.416 e. The minimum absolute atomic E-state index is 0.0594. The van der Waals surface area contributed by atoms with Gasteiger partial charge in [0, 0.05) is 5.56 Å². The van der Waals surface area contributed by atoms with Crippen LogP contribution in [0.15, 0.2) is 42.5 Å². The zero-order chi connectivity index (χ0) is 16.6. The fourth-order valence-corrected chi connectivity index (χ4v) is 3.07. The average Bonchev–Trinajstić information content (AvgIpc) is 2.90. The fraction of sp³-hybridized carbons (Fsp3) is 0.125. The molecule has 0 radical (unpaired) electrons. The third-order valence-corrected chi connectivity index (χ3v) is 4.41. The first-order chi connectivity index (χ1) is 10.8. The van der Waals surface area contributed by atoms with Gasteiger partial charge in [-0.05, 0) is 36.8 Å². The summed E-state index contributed by atoms with van der Waals surface area (Å²) < 4.78 is 39.0. The molecule has 0 fully saturated rings. The van der Waals surface area contributed by atoms with Gasteiger partial charge in [-0.1, -0.05) is 29.5 Å². The SMILES string of the molecule is Cc1cccc2nc(NC(=O)c3cccc(C(F)(F)F)c3)sc12. The van der Waals surface area contributed by atoms with E-state index in [4.69, 9.17) is 0 Å². The van der Waals surface area contributed by atoms with Crippen LogP contribution in [-0.4, -0.2) is 10.9 Å². The van der Waals surface area contributed by atoms with Gasteiger partial charge in [0.2, 0.25) is 0 Å². The summed E-state index contributed by atoms with van der Waals surface area (Å²) in [6.07, 6.45) is -4.48. The summed E-state index contributed by atoms with van der Waals surface area (Å²) in [5, 5.41) is 2.91. The fourth-order valence-electron chi connectivity index (χ4n) is 2.15. The molecule has 0 atom stereocenters. The van der Waals surface area contributed by atoms with Gasteiger partial charge in [0.05, 0.1) is 15.8 Å². The number of carbonyl (C=O) groups is 1. The van der Waals surface area contributed by atoms with Crippen LogP contribution in [-0.2, 0) is 6.18 Å². The molecule has 1 N–H and O–H groups in total. The number of nitrogens with one attached hydrogen (secondary N) is 1. The van der Waals surface area contributed by atoms with E-state index in [0.29, 0.717) is 5.13 Å². The van der Waals surface area contributed by atoms with Crippen molar-refractivity contribution < 1.29 is 18.0 Å². The molecule has 3 rings (SSSR count). The Labute approximate surface area is 133 Å². The zero-order valence-electron chi connectivity index (χ0n) is 11.9. The first kappa shape index (κ1) is 15.5. The second-order valence-corrected chi connectivity index (χ2v) is 5.97. The Morgan fingerprint density at radius 2 is 1.91 bits per heavy atom. The molecule has 0 saturated heterocycles. The number of nitrogens with zero attached hydrogens (tertiary/aromatic N) is 1. The number of aryl methyl sites for hydroxylation is 1. The molecule has 1 heterocycles. The maximum Gasteiger partial charge on any atom is 0.416 e. The number of amides is 1. The van der Waals surface area contributed by atoms with E-state index in [0.717, 1.165) is 27.9 Å². The molecule has 0 bridgehead atoms. The van der Waals surface area contributed by atoms with E-state index in [1.54, 1.807) is 0 Å². The van der Waals surface area contributed by atoms with Crippen LogP contribution < -0.4 is 5.32 Å². The number of aromatic nitrogens is 1. The van der Waals surface area contributed by atoms with Crippen molar-refractivity contribution in [2.24, 2.45) is 0 Å². The van der Waals surface area contributed by atoms with E-state index in [-0.39, 0.29) is 5.56 Å². The topological polar surface area (TPSA) is 42.0 Å². The summed E-state index contributed by atoms with van der Waals surface area (Å²) >= 11 is 1.29. The van der Waals surface area contributed by atoms with Gasteiger partial charge >= 0.3 is 6.18 Å². The Hall–Kier alpha value is -2.41. The van der Waals surface area contributed by atoms with Crippen LogP contribution in [0.25, 0.3) is 10.2 Å². The number of alkyl halides is 3. The first-order valence-electron chi connectivity index (χ1n) is 6.69. The normalized spacial score (nSPS) is 11.7. The van der Waals surface area contributed by atoms with E-state index in [9.17, 15) is 18.0 Å². The highest BCUT2D eigenvalue weighted by Crippen LogP contribution is 2.31. The van der Waals surface area contributed by atoms with Crippen LogP contribution in [0.3, 0.4) is 0 Å². The first-order valence-corrected chi connectivity index (χ1v) is 7.51. The minimum atomic E-state index is -4.48. The lowest BCUT2D eigenvalue weighted by molar-refractivity contribution is -0.137. The van der Waals surface area contributed by atoms with Crippen LogP contribution in [0.2, 0.25) is 0 Å². The lowest BCUT2D eigenvalue weighted by Gasteiger charge is -2.08. The van der Waals surface area contributed by atoms with Crippen LogP contribution >= 0.6 is 11.3 Å². The number of rotatable bonds is 2. The van der Waals surface area contributed by atoms with E-state index in [2.05, 4.69) is 10.3 Å². The Balaban J connectivity index is 1.87. The average molecular weight is 336 g/mol. The molecule has 23 heavy (non-hydrogen) atoms. The van der Waals surface area contributed by atoms with Crippen molar-refractivity contribution in [2.45, 2.75) is 13.1 Å². The molecule has 0 unspecified atom stereocenters. The number of hydrogen-bond donors (Lipinski definition) is 1. The van der Waals surface area contributed by atoms with Gasteiger partial charge < -0.3 is 0 Å². The van der Waals surface area contributed by atoms with Gasteiger partial charge in [0.25, 0.3) is 5.91 Å². The van der Waals surface area contributed by atoms with Crippen LogP contribution in [0.5, 0.6) is 0 Å². The summed E-state index contributed by atoms with van der Waals surface area (Å²) in [4.78, 5) is 16.4. The molecule has 1 amide bonds. The predicted molar refractivity (Wildman–Crippen MR) is 83.8 cm³/mol. The molecular formula is C16H11F3N2OS. The number of anilines is 1. The van der Waals surface area contributed by atoms with Crippen LogP contribution in [0.1, 0.15) is 21.5 Å². The molecule has 0 spiro atoms. The van der Waals surface area contributed by atoms with Gasteiger partial charge in [-0.2, -0.15) is 13.2 Å². The van der Waals surface area contributed by atoms with Crippen molar-refractivity contribution >= 4 is 32.6 Å². The molecule has 0 aliphatic carbocycles. The van der Waals surface area contributed by atoms with Crippen LogP contribution in [0, 0.1) is 6.92 Å². The third kappa shape index (κ3) is 3.19. The molecule has 2 aromatic carbocycles. The Bertz CT molecular complexity index is 886. The molecule has 3 aromatic rings. The third-order valence-electron chi connectivity index (χ3n) is 3.28. The maximum absolute atomic E-state index is 12.7. The summed E-state index contributed by atoms with van der Waals surface area (Å²) in [7, 11) is 0. The van der Waals surface area contributed by atoms with E-state index in [1.807, 2.05) is 25.1 Å². The van der Waals surface area contributed by atoms with Gasteiger partial charge in [-0.15, -0.1) is 0 Å². The van der Waals surface area contributed by atoms with Crippen molar-refractivity contribution in [2.75, 3.05) is 5.32 Å². The number of hydrogen-bond acceptors (Lipinski definition) is 3. The minimum Gasteiger partial charge on any atom is -0.298 e. The van der Waals surface area contributed by atoms with E-state index in [1.165, 1.54) is 23.5 Å². The molecule has 0 aliphatic rings. The summed E-state index contributed by atoms with van der Waals surface area (Å²) in [5.41, 5.74) is 0.856. The lowest BCUT2D eigenvalue weighted by Crippen LogP contribution is -2.13. The van der Waals surface area contributed by atoms with Crippen molar-refractivity contribution in [3.05, 3.63) is 59.2 Å². The van der Waals surface area contributed by atoms with Gasteiger partial charge in [0.15, 0.2) is 5.13 Å². The molecule has 7 heteroatoms. The van der Waals surface area contributed by atoms with E-state index >= 15 is 0 Å². The second kappa shape index (κ2) is 5.66. The number of benzene rings is 2. The van der Waals surface area contributed by atoms with Crippen molar-refractivity contribution in [3.63, 3.8) is 0 Å². The Morgan fingerprint density at radius 1 is 1.17 bits per heavy atom. The standard InChI is InChI=1S/C16H11F3N2OS/c1-9-4-2-7-12-13(9)23-15(20-12)21-14(22)10-5-3-6-11(8-10)16(17,18)19/h2-8H,1H3,(H,20,21,22). The predicted octanol–water partition coefficient (Wildman–Crippen LogP) is 4.88. The second-order valence-electron chi connectivity index (χ2n) is 4.97. The highest BCUT2D eigenvalue weighted by atomic mass is 32.1. The summed E-state index contributed by atoms with van der Waals surface area (Å²) in [5.74, 6) is -0.618.